The Morgan fingerprint density at radius 1 is 1.04 bits per heavy atom. The van der Waals surface area contributed by atoms with E-state index in [-0.39, 0.29) is 23.9 Å². The maximum atomic E-state index is 12.8. The van der Waals surface area contributed by atoms with Gasteiger partial charge in [-0.2, -0.15) is 5.10 Å². The van der Waals surface area contributed by atoms with Crippen LogP contribution in [0.4, 0.5) is 0 Å². The topological polar surface area (TPSA) is 89.2 Å². The molecule has 0 saturated heterocycles. The summed E-state index contributed by atoms with van der Waals surface area (Å²) in [6.07, 6.45) is 7.86. The van der Waals surface area contributed by atoms with Gasteiger partial charge in [0.25, 0.3) is 11.8 Å². The van der Waals surface area contributed by atoms with E-state index >= 15 is 0 Å². The molecule has 28 heavy (non-hydrogen) atoms. The molecule has 3 aromatic rings. The molecule has 0 aliphatic heterocycles. The van der Waals surface area contributed by atoms with Gasteiger partial charge < -0.3 is 15.1 Å². The van der Waals surface area contributed by atoms with Crippen LogP contribution in [-0.4, -0.2) is 33.7 Å². The number of carbonyl (C=O) groups excluding carboxylic acids is 2. The standard InChI is InChI=1S/C21H20N4O3/c26-20(14-8-10-28-12-14)22-17-11-18(17)23-21(27)15-3-1-2-4-19(15)25-9-7-16(24-25)13-5-6-13/h1-4,7-10,12-13,17-18H,5-6,11H2,(H,22,26)(H,23,27)/t17-,18-/m0/s1. The number of hydrogen-bond donors (Lipinski definition) is 2. The highest BCUT2D eigenvalue weighted by Gasteiger charge is 2.40. The zero-order valence-electron chi connectivity index (χ0n) is 15.2. The highest BCUT2D eigenvalue weighted by Crippen LogP contribution is 2.39. The lowest BCUT2D eigenvalue weighted by Gasteiger charge is -2.10. The molecule has 0 unspecified atom stereocenters. The second-order valence-corrected chi connectivity index (χ2v) is 7.38. The molecular weight excluding hydrogens is 356 g/mol. The molecule has 2 fully saturated rings. The van der Waals surface area contributed by atoms with Gasteiger partial charge in [0.2, 0.25) is 0 Å². The van der Waals surface area contributed by atoms with Gasteiger partial charge >= 0.3 is 0 Å². The first kappa shape index (κ1) is 16.8. The number of amides is 2. The van der Waals surface area contributed by atoms with Gasteiger partial charge in [-0.15, -0.1) is 0 Å². The summed E-state index contributed by atoms with van der Waals surface area (Å²) in [6, 6.07) is 10.9. The van der Waals surface area contributed by atoms with E-state index in [2.05, 4.69) is 15.7 Å². The molecule has 2 aliphatic carbocycles. The third-order valence-corrected chi connectivity index (χ3v) is 5.21. The van der Waals surface area contributed by atoms with Crippen molar-refractivity contribution in [3.8, 4) is 5.69 Å². The fourth-order valence-electron chi connectivity index (χ4n) is 3.34. The van der Waals surface area contributed by atoms with Gasteiger partial charge in [-0.1, -0.05) is 12.1 Å². The number of rotatable bonds is 6. The van der Waals surface area contributed by atoms with Crippen LogP contribution in [0.5, 0.6) is 0 Å². The van der Waals surface area contributed by atoms with Crippen molar-refractivity contribution < 1.29 is 14.0 Å². The predicted octanol–water partition coefficient (Wildman–Crippen LogP) is 2.64. The van der Waals surface area contributed by atoms with Crippen LogP contribution < -0.4 is 10.6 Å². The van der Waals surface area contributed by atoms with Gasteiger partial charge in [0.1, 0.15) is 6.26 Å². The van der Waals surface area contributed by atoms with Gasteiger partial charge in [-0.05, 0) is 43.5 Å². The zero-order valence-corrected chi connectivity index (χ0v) is 15.2. The molecule has 2 N–H and O–H groups in total. The highest BCUT2D eigenvalue weighted by molar-refractivity contribution is 5.98. The Balaban J connectivity index is 1.25. The average Bonchev–Trinajstić information content (AvgIpc) is 3.55. The summed E-state index contributed by atoms with van der Waals surface area (Å²) in [7, 11) is 0. The first-order valence-electron chi connectivity index (χ1n) is 9.48. The Bertz CT molecular complexity index is 1020. The SMILES string of the molecule is O=C(N[C@H]1C[C@@H]1NC(=O)c1ccccc1-n1ccc(C2CC2)n1)c1ccoc1. The third-order valence-electron chi connectivity index (χ3n) is 5.21. The maximum Gasteiger partial charge on any atom is 0.254 e. The van der Waals surface area contributed by atoms with E-state index in [4.69, 9.17) is 4.42 Å². The lowest BCUT2D eigenvalue weighted by Crippen LogP contribution is -2.35. The smallest absolute Gasteiger partial charge is 0.254 e. The van der Waals surface area contributed by atoms with Crippen molar-refractivity contribution >= 4 is 11.8 Å². The van der Waals surface area contributed by atoms with Crippen LogP contribution in [0.2, 0.25) is 0 Å². The van der Waals surface area contributed by atoms with Crippen LogP contribution in [0.3, 0.4) is 0 Å². The van der Waals surface area contributed by atoms with E-state index in [1.54, 1.807) is 16.8 Å². The van der Waals surface area contributed by atoms with E-state index in [0.29, 0.717) is 23.5 Å². The lowest BCUT2D eigenvalue weighted by atomic mass is 10.1. The molecule has 2 atom stereocenters. The van der Waals surface area contributed by atoms with Crippen LogP contribution in [-0.2, 0) is 0 Å². The number of aromatic nitrogens is 2. The number of benzene rings is 1. The van der Waals surface area contributed by atoms with E-state index in [1.807, 2.05) is 30.5 Å². The number of carbonyl (C=O) groups is 2. The van der Waals surface area contributed by atoms with Gasteiger partial charge in [-0.3, -0.25) is 9.59 Å². The van der Waals surface area contributed by atoms with E-state index in [1.165, 1.54) is 25.4 Å². The Kier molecular flexibility index (Phi) is 4.00. The van der Waals surface area contributed by atoms with Crippen LogP contribution in [0, 0.1) is 0 Å². The molecule has 2 aliphatic rings. The zero-order chi connectivity index (χ0) is 19.1. The molecule has 7 nitrogen and oxygen atoms in total. The lowest BCUT2D eigenvalue weighted by molar-refractivity contribution is 0.0926. The van der Waals surface area contributed by atoms with E-state index in [9.17, 15) is 9.59 Å². The third kappa shape index (κ3) is 3.31. The molecule has 0 bridgehead atoms. The summed E-state index contributed by atoms with van der Waals surface area (Å²) < 4.78 is 6.69. The normalized spacial score (nSPS) is 20.6. The van der Waals surface area contributed by atoms with Crippen molar-refractivity contribution in [3.05, 3.63) is 71.9 Å². The molecule has 2 heterocycles. The predicted molar refractivity (Wildman–Crippen MR) is 101 cm³/mol. The molecule has 0 radical (unpaired) electrons. The van der Waals surface area contributed by atoms with Crippen molar-refractivity contribution in [3.63, 3.8) is 0 Å². The van der Waals surface area contributed by atoms with Crippen LogP contribution in [0.1, 0.15) is 51.6 Å². The molecule has 0 spiro atoms. The summed E-state index contributed by atoms with van der Waals surface area (Å²) in [5, 5.41) is 10.5. The summed E-state index contributed by atoms with van der Waals surface area (Å²) in [4.78, 5) is 24.9. The van der Waals surface area contributed by atoms with Crippen molar-refractivity contribution in [1.29, 1.82) is 0 Å². The Morgan fingerprint density at radius 3 is 2.57 bits per heavy atom. The van der Waals surface area contributed by atoms with Gasteiger partial charge in [0.15, 0.2) is 0 Å². The van der Waals surface area contributed by atoms with Gasteiger partial charge in [0.05, 0.1) is 40.9 Å². The quantitative estimate of drug-likeness (QED) is 0.692. The number of furan rings is 1. The minimum absolute atomic E-state index is 0.0651. The fourth-order valence-corrected chi connectivity index (χ4v) is 3.34. The molecule has 142 valence electrons. The maximum absolute atomic E-state index is 12.8. The molecular formula is C21H20N4O3. The van der Waals surface area contributed by atoms with Crippen LogP contribution in [0.25, 0.3) is 5.69 Å². The number of nitrogens with one attached hydrogen (secondary N) is 2. The first-order valence-corrected chi connectivity index (χ1v) is 9.48. The monoisotopic (exact) mass is 376 g/mol. The Hall–Kier alpha value is -3.35. The minimum atomic E-state index is -0.194. The average molecular weight is 376 g/mol. The van der Waals surface area contributed by atoms with Gasteiger partial charge in [-0.25, -0.2) is 4.68 Å². The molecule has 2 aromatic heterocycles. The highest BCUT2D eigenvalue weighted by atomic mass is 16.3. The van der Waals surface area contributed by atoms with Crippen molar-refractivity contribution in [1.82, 2.24) is 20.4 Å². The Labute approximate surface area is 161 Å². The van der Waals surface area contributed by atoms with Crippen molar-refractivity contribution in [2.45, 2.75) is 37.3 Å². The second kappa shape index (κ2) is 6.67. The van der Waals surface area contributed by atoms with Crippen LogP contribution in [0.15, 0.2) is 59.5 Å². The van der Waals surface area contributed by atoms with E-state index < -0.39 is 0 Å². The number of hydrogen-bond acceptors (Lipinski definition) is 4. The van der Waals surface area contributed by atoms with Crippen molar-refractivity contribution in [2.75, 3.05) is 0 Å². The molecule has 2 amide bonds. The van der Waals surface area contributed by atoms with Crippen LogP contribution >= 0.6 is 0 Å². The number of para-hydroxylation sites is 1. The number of nitrogens with zero attached hydrogens (tertiary/aromatic N) is 2. The van der Waals surface area contributed by atoms with Crippen molar-refractivity contribution in [2.24, 2.45) is 0 Å². The summed E-state index contributed by atoms with van der Waals surface area (Å²) >= 11 is 0. The summed E-state index contributed by atoms with van der Waals surface area (Å²) in [5.41, 5.74) is 2.89. The largest absolute Gasteiger partial charge is 0.472 e. The second-order valence-electron chi connectivity index (χ2n) is 7.38. The molecule has 1 aromatic carbocycles. The summed E-state index contributed by atoms with van der Waals surface area (Å²) in [5.74, 6) is 0.206. The first-order chi connectivity index (χ1) is 13.7. The molecule has 5 rings (SSSR count). The Morgan fingerprint density at radius 2 is 1.82 bits per heavy atom. The van der Waals surface area contributed by atoms with Gasteiger partial charge in [0, 0.05) is 12.1 Å². The minimum Gasteiger partial charge on any atom is -0.472 e. The fraction of sp³-hybridized carbons (Fsp3) is 0.286. The molecule has 2 saturated carbocycles. The molecule has 7 heteroatoms. The summed E-state index contributed by atoms with van der Waals surface area (Å²) in [6.45, 7) is 0. The van der Waals surface area contributed by atoms with E-state index in [0.717, 1.165) is 11.4 Å².